The predicted molar refractivity (Wildman–Crippen MR) is 65.7 cm³/mol. The molecule has 108 valence electrons. The topological polar surface area (TPSA) is 64.9 Å². The average Bonchev–Trinajstić information content (AvgIpc) is 2.85. The summed E-state index contributed by atoms with van der Waals surface area (Å²) in [6.45, 7) is 0.807. The van der Waals surface area contributed by atoms with E-state index in [0.29, 0.717) is 12.8 Å². The zero-order valence-corrected chi connectivity index (χ0v) is 10.8. The van der Waals surface area contributed by atoms with Gasteiger partial charge in [0.1, 0.15) is 0 Å². The van der Waals surface area contributed by atoms with Crippen LogP contribution in [0.5, 0.6) is 0 Å². The summed E-state index contributed by atoms with van der Waals surface area (Å²) >= 11 is 0. The molecule has 1 aromatic heterocycles. The molecule has 1 heterocycles. The number of hydrogen-bond acceptors (Lipinski definition) is 4. The Morgan fingerprint density at radius 2 is 1.80 bits per heavy atom. The maximum atomic E-state index is 12.7. The summed E-state index contributed by atoms with van der Waals surface area (Å²) in [5.74, 6) is -0.405. The van der Waals surface area contributed by atoms with E-state index < -0.39 is 17.6 Å². The number of rotatable bonds is 4. The summed E-state index contributed by atoms with van der Waals surface area (Å²) in [7, 11) is 0. The molecule has 2 N–H and O–H groups in total. The normalized spacial score (nSPS) is 15.1. The lowest BCUT2D eigenvalue weighted by Crippen LogP contribution is -2.48. The molecule has 0 radical (unpaired) electrons. The summed E-state index contributed by atoms with van der Waals surface area (Å²) < 4.78 is 42.8. The smallest absolute Gasteiger partial charge is 0.337 e. The lowest BCUT2D eigenvalue weighted by atomic mass is 10.0. The third-order valence-electron chi connectivity index (χ3n) is 2.98. The van der Waals surface area contributed by atoms with Crippen LogP contribution in [0.2, 0.25) is 0 Å². The first-order valence-corrected chi connectivity index (χ1v) is 6.03. The molecular weight excluding hydrogens is 271 g/mol. The van der Waals surface area contributed by atoms with Gasteiger partial charge in [-0.3, -0.25) is 0 Å². The molecule has 0 aliphatic rings. The third-order valence-corrected chi connectivity index (χ3v) is 2.98. The van der Waals surface area contributed by atoms with Crippen LogP contribution in [-0.4, -0.2) is 16.3 Å². The zero-order valence-electron chi connectivity index (χ0n) is 10.8. The van der Waals surface area contributed by atoms with Crippen molar-refractivity contribution in [1.29, 1.82) is 0 Å². The lowest BCUT2D eigenvalue weighted by molar-refractivity contribution is -0.190. The van der Waals surface area contributed by atoms with Gasteiger partial charge in [-0.15, -0.1) is 0 Å². The number of aryl methyl sites for hydroxylation is 2. The van der Waals surface area contributed by atoms with Gasteiger partial charge in [-0.05, 0) is 18.9 Å². The highest BCUT2D eigenvalue weighted by molar-refractivity contribution is 5.15. The predicted octanol–water partition coefficient (Wildman–Crippen LogP) is 2.59. The van der Waals surface area contributed by atoms with E-state index in [-0.39, 0.29) is 5.82 Å². The van der Waals surface area contributed by atoms with E-state index in [2.05, 4.69) is 14.7 Å². The second-order valence-corrected chi connectivity index (χ2v) is 4.70. The minimum atomic E-state index is -4.64. The quantitative estimate of drug-likeness (QED) is 0.937. The average molecular weight is 285 g/mol. The van der Waals surface area contributed by atoms with E-state index in [4.69, 9.17) is 5.73 Å². The van der Waals surface area contributed by atoms with Crippen molar-refractivity contribution in [2.45, 2.75) is 31.5 Å². The first kappa shape index (κ1) is 14.5. The molecule has 20 heavy (non-hydrogen) atoms. The Morgan fingerprint density at radius 1 is 1.15 bits per heavy atom. The summed E-state index contributed by atoms with van der Waals surface area (Å²) in [4.78, 5) is 3.74. The second kappa shape index (κ2) is 5.24. The first-order chi connectivity index (χ1) is 9.30. The first-order valence-electron chi connectivity index (χ1n) is 6.03. The van der Waals surface area contributed by atoms with Gasteiger partial charge >= 0.3 is 6.18 Å². The molecule has 0 saturated heterocycles. The number of hydrogen-bond donors (Lipinski definition) is 1. The van der Waals surface area contributed by atoms with E-state index in [1.807, 2.05) is 30.3 Å². The molecule has 0 saturated carbocycles. The minimum absolute atomic E-state index is 0.213. The fraction of sp³-hybridized carbons (Fsp3) is 0.385. The SMILES string of the molecule is CC(N)(c1nc(CCc2ccccc2)no1)C(F)(F)F. The van der Waals surface area contributed by atoms with Crippen molar-refractivity contribution in [3.05, 3.63) is 47.6 Å². The second-order valence-electron chi connectivity index (χ2n) is 4.70. The molecule has 1 atom stereocenters. The number of alkyl halides is 3. The van der Waals surface area contributed by atoms with Gasteiger partial charge in [0.15, 0.2) is 11.4 Å². The van der Waals surface area contributed by atoms with Crippen molar-refractivity contribution < 1.29 is 17.7 Å². The Morgan fingerprint density at radius 3 is 2.40 bits per heavy atom. The summed E-state index contributed by atoms with van der Waals surface area (Å²) in [5, 5.41) is 3.54. The Labute approximate surface area is 113 Å². The van der Waals surface area contributed by atoms with Crippen LogP contribution in [0, 0.1) is 0 Å². The molecule has 0 aliphatic heterocycles. The Hall–Kier alpha value is -1.89. The van der Waals surface area contributed by atoms with Crippen LogP contribution in [-0.2, 0) is 18.4 Å². The fourth-order valence-corrected chi connectivity index (χ4v) is 1.59. The van der Waals surface area contributed by atoms with Gasteiger partial charge in [-0.2, -0.15) is 18.2 Å². The largest absolute Gasteiger partial charge is 0.415 e. The van der Waals surface area contributed by atoms with Crippen molar-refractivity contribution >= 4 is 0 Å². The van der Waals surface area contributed by atoms with Gasteiger partial charge in [-0.25, -0.2) is 0 Å². The lowest BCUT2D eigenvalue weighted by Gasteiger charge is -2.22. The van der Waals surface area contributed by atoms with Crippen LogP contribution in [0.3, 0.4) is 0 Å². The van der Waals surface area contributed by atoms with Crippen molar-refractivity contribution in [3.63, 3.8) is 0 Å². The number of halogens is 3. The molecule has 0 aliphatic carbocycles. The van der Waals surface area contributed by atoms with Crippen LogP contribution < -0.4 is 5.73 Å². The maximum absolute atomic E-state index is 12.7. The monoisotopic (exact) mass is 285 g/mol. The minimum Gasteiger partial charge on any atom is -0.337 e. The molecule has 1 aromatic carbocycles. The maximum Gasteiger partial charge on any atom is 0.415 e. The van der Waals surface area contributed by atoms with E-state index in [1.165, 1.54) is 0 Å². The third kappa shape index (κ3) is 2.98. The molecule has 0 amide bonds. The van der Waals surface area contributed by atoms with Gasteiger partial charge in [-0.1, -0.05) is 35.5 Å². The summed E-state index contributed by atoms with van der Waals surface area (Å²) in [5.41, 5.74) is 3.63. The molecule has 2 aromatic rings. The molecular formula is C13H14F3N3O. The number of nitrogens with zero attached hydrogens (tertiary/aromatic N) is 2. The van der Waals surface area contributed by atoms with Crippen molar-refractivity contribution in [1.82, 2.24) is 10.1 Å². The Kier molecular flexibility index (Phi) is 3.80. The van der Waals surface area contributed by atoms with Crippen LogP contribution in [0.15, 0.2) is 34.9 Å². The summed E-state index contributed by atoms with van der Waals surface area (Å²) in [6, 6.07) is 9.50. The number of aromatic nitrogens is 2. The highest BCUT2D eigenvalue weighted by atomic mass is 19.4. The van der Waals surface area contributed by atoms with Gasteiger partial charge in [0, 0.05) is 6.42 Å². The molecule has 0 bridgehead atoms. The molecule has 7 heteroatoms. The van der Waals surface area contributed by atoms with Crippen LogP contribution in [0.25, 0.3) is 0 Å². The standard InChI is InChI=1S/C13H14F3N3O/c1-12(17,13(14,15)16)11-18-10(19-20-11)8-7-9-5-3-2-4-6-9/h2-6H,7-8,17H2,1H3. The molecule has 2 rings (SSSR count). The fourth-order valence-electron chi connectivity index (χ4n) is 1.59. The Bertz CT molecular complexity index is 564. The Balaban J connectivity index is 2.06. The van der Waals surface area contributed by atoms with Gasteiger partial charge in [0.25, 0.3) is 5.89 Å². The van der Waals surface area contributed by atoms with E-state index in [0.717, 1.165) is 12.5 Å². The summed E-state index contributed by atoms with van der Waals surface area (Å²) in [6.07, 6.45) is -3.63. The van der Waals surface area contributed by atoms with Gasteiger partial charge in [0.2, 0.25) is 0 Å². The van der Waals surface area contributed by atoms with Crippen LogP contribution in [0.4, 0.5) is 13.2 Å². The van der Waals surface area contributed by atoms with Crippen molar-refractivity contribution in [2.24, 2.45) is 5.73 Å². The van der Waals surface area contributed by atoms with Crippen molar-refractivity contribution in [2.75, 3.05) is 0 Å². The van der Waals surface area contributed by atoms with E-state index in [9.17, 15) is 13.2 Å². The van der Waals surface area contributed by atoms with Gasteiger partial charge < -0.3 is 10.3 Å². The van der Waals surface area contributed by atoms with Crippen molar-refractivity contribution in [3.8, 4) is 0 Å². The molecule has 0 spiro atoms. The van der Waals surface area contributed by atoms with E-state index >= 15 is 0 Å². The van der Waals surface area contributed by atoms with Crippen LogP contribution >= 0.6 is 0 Å². The van der Waals surface area contributed by atoms with Gasteiger partial charge in [0.05, 0.1) is 0 Å². The molecule has 1 unspecified atom stereocenters. The number of benzene rings is 1. The highest BCUT2D eigenvalue weighted by Gasteiger charge is 2.53. The highest BCUT2D eigenvalue weighted by Crippen LogP contribution is 2.35. The molecule has 0 fully saturated rings. The zero-order chi connectivity index (χ0) is 14.8. The van der Waals surface area contributed by atoms with E-state index in [1.54, 1.807) is 0 Å². The molecule has 4 nitrogen and oxygen atoms in total. The van der Waals surface area contributed by atoms with Crippen LogP contribution in [0.1, 0.15) is 24.2 Å². The number of nitrogens with two attached hydrogens (primary N) is 1.